The summed E-state index contributed by atoms with van der Waals surface area (Å²) in [6, 6.07) is 10.7. The van der Waals surface area contributed by atoms with Crippen molar-refractivity contribution in [2.24, 2.45) is 5.92 Å². The molecule has 84 valence electrons. The lowest BCUT2D eigenvalue weighted by atomic mass is 9.88. The number of hydrogen-bond acceptors (Lipinski definition) is 2. The van der Waals surface area contributed by atoms with Crippen LogP contribution in [0, 0.1) is 17.2 Å². The quantitative estimate of drug-likeness (QED) is 0.758. The van der Waals surface area contributed by atoms with Crippen LogP contribution in [0.5, 0.6) is 0 Å². The molecule has 0 spiro atoms. The van der Waals surface area contributed by atoms with Crippen LogP contribution in [0.4, 0.5) is 0 Å². The predicted molar refractivity (Wildman–Crippen MR) is 62.9 cm³/mol. The zero-order chi connectivity index (χ0) is 11.4. The Morgan fingerprint density at radius 1 is 1.44 bits per heavy atom. The van der Waals surface area contributed by atoms with E-state index < -0.39 is 0 Å². The average Bonchev–Trinajstić information content (AvgIpc) is 2.38. The third-order valence-corrected chi connectivity index (χ3v) is 3.23. The highest BCUT2D eigenvalue weighted by atomic mass is 16.5. The van der Waals surface area contributed by atoms with Crippen LogP contribution in [0.2, 0.25) is 0 Å². The summed E-state index contributed by atoms with van der Waals surface area (Å²) in [7, 11) is 0. The molecular weight excluding hydrogens is 198 g/mol. The largest absolute Gasteiger partial charge is 0.372 e. The van der Waals surface area contributed by atoms with Crippen molar-refractivity contribution in [2.45, 2.75) is 32.3 Å². The molecule has 1 saturated heterocycles. The summed E-state index contributed by atoms with van der Waals surface area (Å²) < 4.78 is 5.79. The molecule has 1 aliphatic heterocycles. The Hall–Kier alpha value is -1.33. The average molecular weight is 215 g/mol. The second kappa shape index (κ2) is 5.14. The van der Waals surface area contributed by atoms with Gasteiger partial charge >= 0.3 is 0 Å². The summed E-state index contributed by atoms with van der Waals surface area (Å²) in [5, 5.41) is 9.16. The van der Waals surface area contributed by atoms with Crippen LogP contribution in [0.25, 0.3) is 0 Å². The van der Waals surface area contributed by atoms with Gasteiger partial charge in [-0.3, -0.25) is 0 Å². The minimum absolute atomic E-state index is 0.0152. The molecule has 2 nitrogen and oxygen atoms in total. The van der Waals surface area contributed by atoms with Crippen molar-refractivity contribution < 1.29 is 4.74 Å². The van der Waals surface area contributed by atoms with Crippen molar-refractivity contribution in [1.29, 1.82) is 5.26 Å². The Balaban J connectivity index is 2.31. The number of benzene rings is 1. The fraction of sp³-hybridized carbons (Fsp3) is 0.500. The predicted octanol–water partition coefficient (Wildman–Crippen LogP) is 3.24. The molecule has 1 heterocycles. The normalized spacial score (nSPS) is 25.0. The second-order valence-corrected chi connectivity index (χ2v) is 4.22. The number of nitrogens with zero attached hydrogens (tertiary/aromatic N) is 1. The highest BCUT2D eigenvalue weighted by Gasteiger charge is 2.28. The van der Waals surface area contributed by atoms with Gasteiger partial charge in [-0.25, -0.2) is 0 Å². The molecule has 2 heteroatoms. The van der Waals surface area contributed by atoms with Crippen LogP contribution < -0.4 is 0 Å². The van der Waals surface area contributed by atoms with Crippen molar-refractivity contribution in [3.05, 3.63) is 35.4 Å². The third kappa shape index (κ3) is 2.10. The summed E-state index contributed by atoms with van der Waals surface area (Å²) in [6.07, 6.45) is 2.94. The highest BCUT2D eigenvalue weighted by Crippen LogP contribution is 2.34. The highest BCUT2D eigenvalue weighted by molar-refractivity contribution is 5.30. The van der Waals surface area contributed by atoms with Crippen molar-refractivity contribution >= 4 is 0 Å². The monoisotopic (exact) mass is 215 g/mol. The van der Waals surface area contributed by atoms with Gasteiger partial charge in [-0.05, 0) is 30.4 Å². The molecule has 0 aliphatic carbocycles. The summed E-state index contributed by atoms with van der Waals surface area (Å²) in [6.45, 7) is 2.92. The van der Waals surface area contributed by atoms with Crippen molar-refractivity contribution in [3.63, 3.8) is 0 Å². The molecular formula is C14H17NO. The molecule has 2 rings (SSSR count). The van der Waals surface area contributed by atoms with Gasteiger partial charge in [0.2, 0.25) is 0 Å². The molecule has 0 radical (unpaired) electrons. The fourth-order valence-corrected chi connectivity index (χ4v) is 2.35. The van der Waals surface area contributed by atoms with Crippen molar-refractivity contribution in [3.8, 4) is 6.07 Å². The molecule has 0 amide bonds. The number of aryl methyl sites for hydroxylation is 1. The fourth-order valence-electron chi connectivity index (χ4n) is 2.35. The second-order valence-electron chi connectivity index (χ2n) is 4.22. The van der Waals surface area contributed by atoms with Gasteiger partial charge in [-0.15, -0.1) is 0 Å². The molecule has 1 fully saturated rings. The van der Waals surface area contributed by atoms with Gasteiger partial charge in [0.15, 0.2) is 0 Å². The molecule has 1 aromatic carbocycles. The van der Waals surface area contributed by atoms with E-state index in [0.717, 1.165) is 25.9 Å². The topological polar surface area (TPSA) is 33.0 Å². The first-order valence-corrected chi connectivity index (χ1v) is 5.95. The van der Waals surface area contributed by atoms with Crippen LogP contribution in [0.1, 0.15) is 37.0 Å². The van der Waals surface area contributed by atoms with Crippen LogP contribution in [-0.2, 0) is 11.2 Å². The zero-order valence-corrected chi connectivity index (χ0v) is 9.65. The lowest BCUT2D eigenvalue weighted by molar-refractivity contribution is -0.0106. The first-order chi connectivity index (χ1) is 7.86. The smallest absolute Gasteiger partial charge is 0.0985 e. The molecule has 1 aromatic rings. The van der Waals surface area contributed by atoms with Crippen molar-refractivity contribution in [1.82, 2.24) is 0 Å². The molecule has 0 N–H and O–H groups in total. The maximum atomic E-state index is 9.16. The van der Waals surface area contributed by atoms with E-state index in [1.54, 1.807) is 0 Å². The summed E-state index contributed by atoms with van der Waals surface area (Å²) in [5.74, 6) is 0.0152. The first kappa shape index (κ1) is 11.2. The van der Waals surface area contributed by atoms with Gasteiger partial charge in [-0.2, -0.15) is 5.26 Å². The Morgan fingerprint density at radius 3 is 3.00 bits per heavy atom. The standard InChI is InChI=1S/C14H17NO/c1-2-11-6-3-4-8-13(11)14-12(10-15)7-5-9-16-14/h3-4,6,8,12,14H,2,5,7,9H2,1H3. The van der Waals surface area contributed by atoms with Crippen LogP contribution >= 0.6 is 0 Å². The minimum Gasteiger partial charge on any atom is -0.372 e. The molecule has 0 aromatic heterocycles. The number of ether oxygens (including phenoxy) is 1. The first-order valence-electron chi connectivity index (χ1n) is 5.95. The van der Waals surface area contributed by atoms with Gasteiger partial charge in [0.25, 0.3) is 0 Å². The maximum Gasteiger partial charge on any atom is 0.0985 e. The lowest BCUT2D eigenvalue weighted by Gasteiger charge is -2.29. The molecule has 2 atom stereocenters. The van der Waals surface area contributed by atoms with Crippen LogP contribution in [0.3, 0.4) is 0 Å². The van der Waals surface area contributed by atoms with Crippen molar-refractivity contribution in [2.75, 3.05) is 6.61 Å². The summed E-state index contributed by atoms with van der Waals surface area (Å²) in [4.78, 5) is 0. The third-order valence-electron chi connectivity index (χ3n) is 3.23. The summed E-state index contributed by atoms with van der Waals surface area (Å²) >= 11 is 0. The number of nitriles is 1. The lowest BCUT2D eigenvalue weighted by Crippen LogP contribution is -2.22. The van der Waals surface area contributed by atoms with E-state index in [9.17, 15) is 0 Å². The van der Waals surface area contributed by atoms with E-state index in [-0.39, 0.29) is 12.0 Å². The van der Waals surface area contributed by atoms with Gasteiger partial charge < -0.3 is 4.74 Å². The molecule has 1 aliphatic rings. The SMILES string of the molecule is CCc1ccccc1C1OCCCC1C#N. The van der Waals surface area contributed by atoms with Gasteiger partial charge in [0.1, 0.15) is 0 Å². The van der Waals surface area contributed by atoms with Crippen LogP contribution in [-0.4, -0.2) is 6.61 Å². The van der Waals surface area contributed by atoms with Gasteiger partial charge in [0.05, 0.1) is 18.1 Å². The number of hydrogen-bond donors (Lipinski definition) is 0. The van der Waals surface area contributed by atoms with Crippen LogP contribution in [0.15, 0.2) is 24.3 Å². The Kier molecular flexibility index (Phi) is 3.58. The Labute approximate surface area is 96.9 Å². The van der Waals surface area contributed by atoms with E-state index in [1.807, 2.05) is 12.1 Å². The van der Waals surface area contributed by atoms with E-state index in [2.05, 4.69) is 25.1 Å². The molecule has 0 bridgehead atoms. The van der Waals surface area contributed by atoms with Gasteiger partial charge in [-0.1, -0.05) is 31.2 Å². The maximum absolute atomic E-state index is 9.16. The molecule has 0 saturated carbocycles. The van der Waals surface area contributed by atoms with E-state index >= 15 is 0 Å². The molecule has 2 unspecified atom stereocenters. The van der Waals surface area contributed by atoms with Gasteiger partial charge in [0, 0.05) is 6.61 Å². The van der Waals surface area contributed by atoms with E-state index in [0.29, 0.717) is 0 Å². The van der Waals surface area contributed by atoms with E-state index in [1.165, 1.54) is 11.1 Å². The zero-order valence-electron chi connectivity index (χ0n) is 9.65. The van der Waals surface area contributed by atoms with E-state index in [4.69, 9.17) is 10.00 Å². The minimum atomic E-state index is -0.0186. The molecule has 16 heavy (non-hydrogen) atoms. The number of rotatable bonds is 2. The Morgan fingerprint density at radius 2 is 2.25 bits per heavy atom. The summed E-state index contributed by atoms with van der Waals surface area (Å²) in [5.41, 5.74) is 2.51. The Bertz CT molecular complexity index is 394.